The van der Waals surface area contributed by atoms with Crippen LogP contribution < -0.4 is 10.0 Å². The Hall–Kier alpha value is -0.910. The van der Waals surface area contributed by atoms with Crippen molar-refractivity contribution in [1.82, 2.24) is 10.0 Å². The third-order valence-corrected chi connectivity index (χ3v) is 4.39. The second kappa shape index (κ2) is 7.76. The maximum absolute atomic E-state index is 11.8. The Kier molecular flexibility index (Phi) is 6.65. The van der Waals surface area contributed by atoms with Gasteiger partial charge in [-0.25, -0.2) is 13.1 Å². The molecule has 2 N–H and O–H groups in total. The second-order valence-corrected chi connectivity index (χ2v) is 7.57. The first-order valence-electron chi connectivity index (χ1n) is 7.09. The maximum Gasteiger partial charge on any atom is 0.213 e. The van der Waals surface area contributed by atoms with Crippen molar-refractivity contribution in [1.29, 1.82) is 0 Å². The summed E-state index contributed by atoms with van der Waals surface area (Å²) in [7, 11) is -3.21. The molecule has 20 heavy (non-hydrogen) atoms. The second-order valence-electron chi connectivity index (χ2n) is 5.65. The lowest BCUT2D eigenvalue weighted by Gasteiger charge is -2.10. The average Bonchev–Trinajstić information content (AvgIpc) is 2.36. The molecule has 0 unspecified atom stereocenters. The summed E-state index contributed by atoms with van der Waals surface area (Å²) < 4.78 is 26.2. The summed E-state index contributed by atoms with van der Waals surface area (Å²) >= 11 is 0. The highest BCUT2D eigenvalue weighted by molar-refractivity contribution is 7.89. The number of nitrogens with one attached hydrogen (secondary N) is 2. The van der Waals surface area contributed by atoms with Gasteiger partial charge in [0.2, 0.25) is 10.0 Å². The van der Waals surface area contributed by atoms with E-state index in [-0.39, 0.29) is 5.75 Å². The SMILES string of the molecule is CC(C)NCCS(=O)(=O)NCc1ccc(C(C)C)cc1. The molecule has 0 aliphatic heterocycles. The lowest BCUT2D eigenvalue weighted by atomic mass is 10.0. The van der Waals surface area contributed by atoms with Crippen LogP contribution >= 0.6 is 0 Å². The molecule has 0 fully saturated rings. The van der Waals surface area contributed by atoms with Gasteiger partial charge in [0.15, 0.2) is 0 Å². The first kappa shape index (κ1) is 17.1. The Balaban J connectivity index is 2.45. The fourth-order valence-corrected chi connectivity index (χ4v) is 2.69. The molecule has 0 atom stereocenters. The number of hydrogen-bond donors (Lipinski definition) is 2. The van der Waals surface area contributed by atoms with Gasteiger partial charge in [0.1, 0.15) is 0 Å². The molecule has 0 saturated carbocycles. The molecular weight excluding hydrogens is 272 g/mol. The summed E-state index contributed by atoms with van der Waals surface area (Å²) in [6.07, 6.45) is 0. The van der Waals surface area contributed by atoms with Crippen LogP contribution in [0.2, 0.25) is 0 Å². The molecule has 0 heterocycles. The Labute approximate surface area is 123 Å². The molecule has 1 rings (SSSR count). The molecule has 0 spiro atoms. The van der Waals surface area contributed by atoms with Gasteiger partial charge in [-0.1, -0.05) is 52.0 Å². The highest BCUT2D eigenvalue weighted by atomic mass is 32.2. The van der Waals surface area contributed by atoms with E-state index in [9.17, 15) is 8.42 Å². The van der Waals surface area contributed by atoms with Gasteiger partial charge in [0.25, 0.3) is 0 Å². The molecular formula is C15H26N2O2S. The minimum absolute atomic E-state index is 0.106. The Bertz CT molecular complexity index is 493. The zero-order valence-corrected chi connectivity index (χ0v) is 13.6. The summed E-state index contributed by atoms with van der Waals surface area (Å²) in [5.74, 6) is 0.595. The molecule has 0 aliphatic carbocycles. The monoisotopic (exact) mass is 298 g/mol. The van der Waals surface area contributed by atoms with Crippen molar-refractivity contribution in [2.45, 2.75) is 46.2 Å². The molecule has 1 aromatic carbocycles. The molecule has 1 aromatic rings. The van der Waals surface area contributed by atoms with Gasteiger partial charge in [-0.3, -0.25) is 0 Å². The number of hydrogen-bond acceptors (Lipinski definition) is 3. The van der Waals surface area contributed by atoms with E-state index in [2.05, 4.69) is 36.0 Å². The summed E-state index contributed by atoms with van der Waals surface area (Å²) in [4.78, 5) is 0. The van der Waals surface area contributed by atoms with Gasteiger partial charge >= 0.3 is 0 Å². The largest absolute Gasteiger partial charge is 0.313 e. The summed E-state index contributed by atoms with van der Waals surface area (Å²) in [5.41, 5.74) is 2.24. The summed E-state index contributed by atoms with van der Waals surface area (Å²) in [6, 6.07) is 8.35. The van der Waals surface area contributed by atoms with E-state index in [1.54, 1.807) is 0 Å². The van der Waals surface area contributed by atoms with Gasteiger partial charge in [-0.2, -0.15) is 0 Å². The fraction of sp³-hybridized carbons (Fsp3) is 0.600. The normalized spacial score (nSPS) is 12.3. The molecule has 4 nitrogen and oxygen atoms in total. The standard InChI is InChI=1S/C15H26N2O2S/c1-12(2)15-7-5-14(6-8-15)11-17-20(18,19)10-9-16-13(3)4/h5-8,12-13,16-17H,9-11H2,1-4H3. The summed E-state index contributed by atoms with van der Waals surface area (Å²) in [5, 5.41) is 3.10. The van der Waals surface area contributed by atoms with Crippen LogP contribution in [-0.2, 0) is 16.6 Å². The highest BCUT2D eigenvalue weighted by Crippen LogP contribution is 2.14. The van der Waals surface area contributed by atoms with Gasteiger partial charge in [-0.05, 0) is 17.0 Å². The molecule has 0 aliphatic rings. The Morgan fingerprint density at radius 2 is 1.65 bits per heavy atom. The fourth-order valence-electron chi connectivity index (χ4n) is 1.77. The van der Waals surface area contributed by atoms with E-state index in [1.807, 2.05) is 26.0 Å². The van der Waals surface area contributed by atoms with E-state index < -0.39 is 10.0 Å². The van der Waals surface area contributed by atoms with Gasteiger partial charge in [0, 0.05) is 19.1 Å². The van der Waals surface area contributed by atoms with Crippen LogP contribution in [-0.4, -0.2) is 26.8 Å². The van der Waals surface area contributed by atoms with Crippen LogP contribution in [0.15, 0.2) is 24.3 Å². The van der Waals surface area contributed by atoms with Crippen molar-refractivity contribution in [3.05, 3.63) is 35.4 Å². The van der Waals surface area contributed by atoms with Crippen molar-refractivity contribution < 1.29 is 8.42 Å². The molecule has 0 saturated heterocycles. The molecule has 0 amide bonds. The number of benzene rings is 1. The lowest BCUT2D eigenvalue weighted by molar-refractivity contribution is 0.566. The number of rotatable bonds is 8. The van der Waals surface area contributed by atoms with Gasteiger partial charge < -0.3 is 5.32 Å². The number of sulfonamides is 1. The smallest absolute Gasteiger partial charge is 0.213 e. The minimum Gasteiger partial charge on any atom is -0.313 e. The van der Waals surface area contributed by atoms with Crippen LogP contribution in [0.5, 0.6) is 0 Å². The topological polar surface area (TPSA) is 58.2 Å². The Morgan fingerprint density at radius 3 is 2.15 bits per heavy atom. The quantitative estimate of drug-likeness (QED) is 0.774. The van der Waals surface area contributed by atoms with E-state index in [0.717, 1.165) is 5.56 Å². The zero-order chi connectivity index (χ0) is 15.2. The van der Waals surface area contributed by atoms with Crippen molar-refractivity contribution in [3.8, 4) is 0 Å². The van der Waals surface area contributed by atoms with Crippen molar-refractivity contribution in [3.63, 3.8) is 0 Å². The van der Waals surface area contributed by atoms with E-state index in [4.69, 9.17) is 0 Å². The van der Waals surface area contributed by atoms with Crippen LogP contribution in [0.3, 0.4) is 0 Å². The third-order valence-electron chi connectivity index (χ3n) is 3.07. The molecule has 0 aromatic heterocycles. The third kappa shape index (κ3) is 6.50. The van der Waals surface area contributed by atoms with Crippen LogP contribution in [0.25, 0.3) is 0 Å². The van der Waals surface area contributed by atoms with Gasteiger partial charge in [-0.15, -0.1) is 0 Å². The van der Waals surface area contributed by atoms with Crippen molar-refractivity contribution in [2.24, 2.45) is 0 Å². The predicted molar refractivity (Wildman–Crippen MR) is 84.3 cm³/mol. The first-order chi connectivity index (χ1) is 9.30. The molecule has 114 valence electrons. The van der Waals surface area contributed by atoms with Crippen LogP contribution in [0.4, 0.5) is 0 Å². The predicted octanol–water partition coefficient (Wildman–Crippen LogP) is 2.23. The van der Waals surface area contributed by atoms with Crippen molar-refractivity contribution in [2.75, 3.05) is 12.3 Å². The molecule has 0 bridgehead atoms. The molecule has 0 radical (unpaired) electrons. The van der Waals surface area contributed by atoms with Gasteiger partial charge in [0.05, 0.1) is 5.75 Å². The Morgan fingerprint density at radius 1 is 1.05 bits per heavy atom. The van der Waals surface area contributed by atoms with Crippen molar-refractivity contribution >= 4 is 10.0 Å². The summed E-state index contributed by atoms with van der Waals surface area (Å²) in [6.45, 7) is 9.09. The lowest BCUT2D eigenvalue weighted by Crippen LogP contribution is -2.34. The van der Waals surface area contributed by atoms with Crippen LogP contribution in [0.1, 0.15) is 44.7 Å². The minimum atomic E-state index is -3.21. The average molecular weight is 298 g/mol. The van der Waals surface area contributed by atoms with E-state index in [1.165, 1.54) is 5.56 Å². The molecule has 5 heteroatoms. The maximum atomic E-state index is 11.8. The van der Waals surface area contributed by atoms with Crippen LogP contribution in [0, 0.1) is 0 Å². The highest BCUT2D eigenvalue weighted by Gasteiger charge is 2.10. The van der Waals surface area contributed by atoms with E-state index >= 15 is 0 Å². The zero-order valence-electron chi connectivity index (χ0n) is 12.8. The first-order valence-corrected chi connectivity index (χ1v) is 8.75. The van der Waals surface area contributed by atoms with E-state index in [0.29, 0.717) is 25.0 Å².